The molecule has 25 heavy (non-hydrogen) atoms. The van der Waals surface area contributed by atoms with E-state index in [4.69, 9.17) is 18.9 Å². The lowest BCUT2D eigenvalue weighted by molar-refractivity contribution is 0.0907. The first kappa shape index (κ1) is 16.3. The summed E-state index contributed by atoms with van der Waals surface area (Å²) >= 11 is 0. The number of aromatic nitrogens is 1. The summed E-state index contributed by atoms with van der Waals surface area (Å²) in [5.41, 5.74) is 1.72. The molecular weight excluding hydrogens is 322 g/mol. The van der Waals surface area contributed by atoms with Crippen LogP contribution >= 0.6 is 0 Å². The minimum atomic E-state index is -0.370. The van der Waals surface area contributed by atoms with Gasteiger partial charge < -0.3 is 19.0 Å². The van der Waals surface area contributed by atoms with Crippen LogP contribution in [0.5, 0.6) is 5.75 Å². The highest BCUT2D eigenvalue weighted by molar-refractivity contribution is 5.93. The van der Waals surface area contributed by atoms with Gasteiger partial charge in [0.25, 0.3) is 5.91 Å². The van der Waals surface area contributed by atoms with Gasteiger partial charge in [-0.25, -0.2) is 0 Å². The number of nitrogens with one attached hydrogen (secondary N) is 1. The Morgan fingerprint density at radius 1 is 1.36 bits per heavy atom. The van der Waals surface area contributed by atoms with Crippen LogP contribution in [-0.4, -0.2) is 11.1 Å². The van der Waals surface area contributed by atoms with Gasteiger partial charge in [-0.15, -0.1) is 0 Å². The zero-order valence-corrected chi connectivity index (χ0v) is 13.4. The smallest absolute Gasteiger partial charge is 0.287 e. The molecule has 2 aromatic heterocycles. The molecule has 0 spiro atoms. The van der Waals surface area contributed by atoms with Gasteiger partial charge in [-0.3, -0.25) is 4.79 Å². The predicted molar refractivity (Wildman–Crippen MR) is 86.6 cm³/mol. The molecule has 0 aliphatic carbocycles. The molecule has 7 heteroatoms. The van der Waals surface area contributed by atoms with Crippen LogP contribution in [0.3, 0.4) is 0 Å². The number of hydrogen-bond acceptors (Lipinski definition) is 6. The van der Waals surface area contributed by atoms with Gasteiger partial charge in [-0.05, 0) is 31.2 Å². The Morgan fingerprint density at radius 2 is 2.24 bits per heavy atom. The average molecular weight is 337 g/mol. The van der Waals surface area contributed by atoms with Crippen LogP contribution in [0.25, 0.3) is 0 Å². The van der Waals surface area contributed by atoms with E-state index in [0.29, 0.717) is 22.6 Å². The van der Waals surface area contributed by atoms with Crippen molar-refractivity contribution >= 4 is 5.91 Å². The van der Waals surface area contributed by atoms with E-state index < -0.39 is 0 Å². The summed E-state index contributed by atoms with van der Waals surface area (Å²) in [6.07, 6.45) is 2.87. The van der Waals surface area contributed by atoms with Gasteiger partial charge in [-0.2, -0.15) is 5.26 Å². The van der Waals surface area contributed by atoms with Gasteiger partial charge in [0.1, 0.15) is 24.3 Å². The van der Waals surface area contributed by atoms with Gasteiger partial charge in [0.2, 0.25) is 0 Å². The zero-order valence-electron chi connectivity index (χ0n) is 13.4. The highest BCUT2D eigenvalue weighted by Crippen LogP contribution is 2.18. The third kappa shape index (κ3) is 3.87. The summed E-state index contributed by atoms with van der Waals surface area (Å²) in [7, 11) is 0. The number of rotatable bonds is 6. The molecule has 1 N–H and O–H groups in total. The largest absolute Gasteiger partial charge is 0.489 e. The van der Waals surface area contributed by atoms with E-state index in [-0.39, 0.29) is 24.3 Å². The summed E-state index contributed by atoms with van der Waals surface area (Å²) in [6.45, 7) is 1.94. The Morgan fingerprint density at radius 3 is 3.00 bits per heavy atom. The van der Waals surface area contributed by atoms with E-state index in [1.807, 2.05) is 6.07 Å². The number of carbonyl (C=O) groups excluding carboxylic acids is 1. The molecular formula is C18H15N3O4. The molecule has 0 aliphatic heterocycles. The quantitative estimate of drug-likeness (QED) is 0.741. The molecule has 0 radical (unpaired) electrons. The molecule has 1 atom stereocenters. The molecule has 0 fully saturated rings. The van der Waals surface area contributed by atoms with Gasteiger partial charge in [-0.1, -0.05) is 11.2 Å². The predicted octanol–water partition coefficient (Wildman–Crippen LogP) is 3.21. The third-order valence-electron chi connectivity index (χ3n) is 3.56. The van der Waals surface area contributed by atoms with Crippen LogP contribution in [0.2, 0.25) is 0 Å². The lowest BCUT2D eigenvalue weighted by atomic mass is 10.2. The molecule has 7 nitrogen and oxygen atoms in total. The van der Waals surface area contributed by atoms with Crippen molar-refractivity contribution in [2.45, 2.75) is 19.6 Å². The topological polar surface area (TPSA) is 101 Å². The van der Waals surface area contributed by atoms with E-state index in [1.54, 1.807) is 43.3 Å². The lowest BCUT2D eigenvalue weighted by Crippen LogP contribution is -2.27. The van der Waals surface area contributed by atoms with E-state index in [9.17, 15) is 4.79 Å². The Hall–Kier alpha value is -3.53. The zero-order chi connectivity index (χ0) is 17.6. The Bertz CT molecular complexity index is 893. The summed E-state index contributed by atoms with van der Waals surface area (Å²) in [5.74, 6) is 0.347. The number of benzene rings is 1. The number of ether oxygens (including phenoxy) is 1. The van der Waals surface area contributed by atoms with Crippen molar-refractivity contribution < 1.29 is 18.5 Å². The second-order valence-electron chi connectivity index (χ2n) is 5.32. The Labute approximate surface area is 143 Å². The van der Waals surface area contributed by atoms with Crippen LogP contribution in [0.1, 0.15) is 40.3 Å². The third-order valence-corrected chi connectivity index (χ3v) is 3.56. The van der Waals surface area contributed by atoms with Gasteiger partial charge in [0, 0.05) is 11.6 Å². The lowest BCUT2D eigenvalue weighted by Gasteiger charge is -2.11. The standard InChI is InChI=1S/C18H15N3O4/c1-12(16-6-8-25-21-16)20-18(22)17-14(5-7-23-17)11-24-15-4-2-3-13(9-15)10-19/h2-9,12H,11H2,1H3,(H,20,22)/t12-/m0/s1. The SMILES string of the molecule is C[C@H](NC(=O)c1occc1COc1cccc(C#N)c1)c1ccon1. The van der Waals surface area contributed by atoms with Crippen molar-refractivity contribution in [1.29, 1.82) is 5.26 Å². The fourth-order valence-electron chi connectivity index (χ4n) is 2.25. The van der Waals surface area contributed by atoms with E-state index in [1.165, 1.54) is 12.5 Å². The molecule has 1 amide bonds. The minimum absolute atomic E-state index is 0.145. The fourth-order valence-corrected chi connectivity index (χ4v) is 2.25. The summed E-state index contributed by atoms with van der Waals surface area (Å²) in [4.78, 5) is 12.4. The molecule has 3 rings (SSSR count). The highest BCUT2D eigenvalue weighted by atomic mass is 16.5. The van der Waals surface area contributed by atoms with Crippen molar-refractivity contribution in [1.82, 2.24) is 10.5 Å². The first-order valence-corrected chi connectivity index (χ1v) is 7.58. The van der Waals surface area contributed by atoms with E-state index in [2.05, 4.69) is 10.5 Å². The molecule has 0 saturated carbocycles. The second-order valence-corrected chi connectivity index (χ2v) is 5.32. The normalized spacial score (nSPS) is 11.5. The molecule has 0 aliphatic rings. The van der Waals surface area contributed by atoms with Crippen LogP contribution < -0.4 is 10.1 Å². The number of nitriles is 1. The van der Waals surface area contributed by atoms with Crippen LogP contribution in [0.15, 0.2) is 57.9 Å². The van der Waals surface area contributed by atoms with Crippen molar-refractivity contribution in [3.8, 4) is 11.8 Å². The Kier molecular flexibility index (Phi) is 4.81. The van der Waals surface area contributed by atoms with Gasteiger partial charge >= 0.3 is 0 Å². The van der Waals surface area contributed by atoms with Crippen molar-refractivity contribution in [3.63, 3.8) is 0 Å². The first-order chi connectivity index (χ1) is 12.2. The number of nitrogens with zero attached hydrogens (tertiary/aromatic N) is 2. The van der Waals surface area contributed by atoms with Crippen molar-refractivity contribution in [2.75, 3.05) is 0 Å². The molecule has 3 aromatic rings. The maximum Gasteiger partial charge on any atom is 0.287 e. The molecule has 2 heterocycles. The summed E-state index contributed by atoms with van der Waals surface area (Å²) in [5, 5.41) is 15.5. The summed E-state index contributed by atoms with van der Waals surface area (Å²) in [6, 6.07) is 11.9. The van der Waals surface area contributed by atoms with Crippen LogP contribution in [0, 0.1) is 11.3 Å². The Balaban J connectivity index is 1.65. The number of hydrogen-bond donors (Lipinski definition) is 1. The maximum absolute atomic E-state index is 12.4. The number of amides is 1. The fraction of sp³-hybridized carbons (Fsp3) is 0.167. The number of furan rings is 1. The second kappa shape index (κ2) is 7.36. The monoisotopic (exact) mass is 337 g/mol. The van der Waals surface area contributed by atoms with Gasteiger partial charge in [0.15, 0.2) is 5.76 Å². The van der Waals surface area contributed by atoms with Crippen molar-refractivity contribution in [2.24, 2.45) is 0 Å². The van der Waals surface area contributed by atoms with Crippen LogP contribution in [-0.2, 0) is 6.61 Å². The minimum Gasteiger partial charge on any atom is -0.489 e. The van der Waals surface area contributed by atoms with Crippen LogP contribution in [0.4, 0.5) is 0 Å². The molecule has 0 bridgehead atoms. The van der Waals surface area contributed by atoms with Gasteiger partial charge in [0.05, 0.1) is 23.9 Å². The molecule has 126 valence electrons. The van der Waals surface area contributed by atoms with E-state index >= 15 is 0 Å². The summed E-state index contributed by atoms with van der Waals surface area (Å²) < 4.78 is 15.7. The molecule has 1 aromatic carbocycles. The maximum atomic E-state index is 12.4. The molecule has 0 unspecified atom stereocenters. The van der Waals surface area contributed by atoms with Crippen molar-refractivity contribution in [3.05, 3.63) is 71.5 Å². The highest BCUT2D eigenvalue weighted by Gasteiger charge is 2.19. The first-order valence-electron chi connectivity index (χ1n) is 7.58. The average Bonchev–Trinajstić information content (AvgIpc) is 3.31. The number of carbonyl (C=O) groups is 1. The van der Waals surface area contributed by atoms with E-state index in [0.717, 1.165) is 0 Å². The molecule has 0 saturated heterocycles.